The Morgan fingerprint density at radius 3 is 2.78 bits per heavy atom. The number of anilines is 1. The van der Waals surface area contributed by atoms with Crippen LogP contribution in [0.5, 0.6) is 5.75 Å². The number of nitrogens with one attached hydrogen (secondary N) is 3. The number of ether oxygens (including phenoxy) is 1. The molecule has 0 atom stereocenters. The summed E-state index contributed by atoms with van der Waals surface area (Å²) in [5, 5.41) is 9.45. The fraction of sp³-hybridized carbons (Fsp3) is 0.393. The lowest BCUT2D eigenvalue weighted by Crippen LogP contribution is -2.30. The van der Waals surface area contributed by atoms with Gasteiger partial charge in [0.25, 0.3) is 11.5 Å². The summed E-state index contributed by atoms with van der Waals surface area (Å²) >= 11 is 0. The molecule has 0 spiro atoms. The fourth-order valence-electron chi connectivity index (χ4n) is 4.44. The second-order valence-corrected chi connectivity index (χ2v) is 9.73. The highest BCUT2D eigenvalue weighted by Crippen LogP contribution is 2.51. The lowest BCUT2D eigenvalue weighted by Gasteiger charge is -2.22. The quantitative estimate of drug-likeness (QED) is 0.344. The molecule has 1 amide bonds. The maximum Gasteiger partial charge on any atom is 0.297 e. The lowest BCUT2D eigenvalue weighted by atomic mass is 10.0. The largest absolute Gasteiger partial charge is 0.489 e. The molecule has 0 radical (unpaired) electrons. The summed E-state index contributed by atoms with van der Waals surface area (Å²) in [5.41, 5.74) is 1.66. The molecule has 1 aromatic heterocycles. The second kappa shape index (κ2) is 10.3. The zero-order valence-electron chi connectivity index (χ0n) is 21.1. The van der Waals surface area contributed by atoms with Crippen LogP contribution in [0.4, 0.5) is 10.2 Å². The summed E-state index contributed by atoms with van der Waals surface area (Å²) in [5.74, 6) is -0.215. The van der Waals surface area contributed by atoms with Crippen molar-refractivity contribution in [1.29, 1.82) is 0 Å². The van der Waals surface area contributed by atoms with Gasteiger partial charge in [0, 0.05) is 36.1 Å². The van der Waals surface area contributed by atoms with E-state index >= 15 is 0 Å². The average Bonchev–Trinajstić information content (AvgIpc) is 3.82. The Bertz CT molecular complexity index is 1360. The van der Waals surface area contributed by atoms with Crippen LogP contribution in [-0.2, 0) is 5.54 Å². The van der Waals surface area contributed by atoms with Crippen LogP contribution in [0.25, 0.3) is 5.69 Å². The highest BCUT2D eigenvalue weighted by molar-refractivity contribution is 5.95. The number of carbonyl (C=O) groups excluding carboxylic acids is 1. The average molecular weight is 506 g/mol. The molecule has 2 saturated carbocycles. The normalized spacial score (nSPS) is 15.8. The molecule has 3 N–H and O–H groups in total. The Hall–Kier alpha value is -3.72. The minimum absolute atomic E-state index is 0.145. The Morgan fingerprint density at radius 1 is 1.24 bits per heavy atom. The number of likely N-dealkylation sites (N-methyl/N-ethyl adjacent to an activating group) is 1. The van der Waals surface area contributed by atoms with Gasteiger partial charge in [0.05, 0.1) is 11.2 Å². The summed E-state index contributed by atoms with van der Waals surface area (Å²) in [6.45, 7) is 5.63. The van der Waals surface area contributed by atoms with Crippen molar-refractivity contribution in [1.82, 2.24) is 20.2 Å². The third kappa shape index (κ3) is 5.36. The Morgan fingerprint density at radius 2 is 2.05 bits per heavy atom. The number of benzene rings is 2. The third-order valence-electron chi connectivity index (χ3n) is 6.85. The van der Waals surface area contributed by atoms with Crippen LogP contribution < -0.4 is 26.2 Å². The Balaban J connectivity index is 1.43. The molecule has 3 aromatic rings. The Kier molecular flexibility index (Phi) is 6.97. The molecule has 1 heterocycles. The van der Waals surface area contributed by atoms with Crippen molar-refractivity contribution >= 4 is 11.7 Å². The van der Waals surface area contributed by atoms with Crippen LogP contribution in [0, 0.1) is 12.7 Å². The number of nitrogens with zero attached hydrogens (tertiary/aromatic N) is 2. The molecule has 194 valence electrons. The van der Waals surface area contributed by atoms with Gasteiger partial charge in [0.2, 0.25) is 0 Å². The van der Waals surface area contributed by atoms with Crippen LogP contribution in [0.3, 0.4) is 0 Å². The lowest BCUT2D eigenvalue weighted by molar-refractivity contribution is 0.0951. The summed E-state index contributed by atoms with van der Waals surface area (Å²) in [7, 11) is 0. The first kappa shape index (κ1) is 25.0. The van der Waals surface area contributed by atoms with E-state index in [4.69, 9.17) is 4.74 Å². The number of aromatic nitrogens is 2. The molecule has 0 bridgehead atoms. The van der Waals surface area contributed by atoms with Crippen molar-refractivity contribution in [2.75, 3.05) is 25.0 Å². The number of para-hydroxylation sites is 1. The first-order valence-corrected chi connectivity index (χ1v) is 12.8. The van der Waals surface area contributed by atoms with Crippen molar-refractivity contribution in [3.8, 4) is 11.4 Å². The molecule has 5 rings (SSSR count). The maximum absolute atomic E-state index is 14.8. The van der Waals surface area contributed by atoms with Crippen LogP contribution in [0.15, 0.2) is 53.6 Å². The number of hydrogen-bond donors (Lipinski definition) is 3. The summed E-state index contributed by atoms with van der Waals surface area (Å²) in [4.78, 5) is 30.5. The van der Waals surface area contributed by atoms with Crippen molar-refractivity contribution in [2.45, 2.75) is 51.1 Å². The molecule has 2 aliphatic rings. The maximum atomic E-state index is 14.8. The van der Waals surface area contributed by atoms with E-state index in [1.54, 1.807) is 30.6 Å². The fourth-order valence-corrected chi connectivity index (χ4v) is 4.44. The predicted octanol–water partition coefficient (Wildman–Crippen LogP) is 3.66. The summed E-state index contributed by atoms with van der Waals surface area (Å²) < 4.78 is 22.1. The van der Waals surface area contributed by atoms with E-state index < -0.39 is 11.4 Å². The molecule has 8 nitrogen and oxygen atoms in total. The van der Waals surface area contributed by atoms with Crippen LogP contribution in [0.2, 0.25) is 0 Å². The van der Waals surface area contributed by atoms with E-state index in [0.717, 1.165) is 24.9 Å². The van der Waals surface area contributed by atoms with E-state index in [2.05, 4.69) is 20.9 Å². The molecule has 2 aliphatic carbocycles. The number of aryl methyl sites for hydroxylation is 1. The molecular formula is C28H32FN5O3. The van der Waals surface area contributed by atoms with Crippen molar-refractivity contribution in [2.24, 2.45) is 0 Å². The smallest absolute Gasteiger partial charge is 0.297 e. The van der Waals surface area contributed by atoms with Gasteiger partial charge in [-0.25, -0.2) is 9.37 Å². The van der Waals surface area contributed by atoms with Gasteiger partial charge in [-0.1, -0.05) is 25.1 Å². The molecule has 37 heavy (non-hydrogen) atoms. The Labute approximate surface area is 215 Å². The zero-order chi connectivity index (χ0) is 26.0. The zero-order valence-corrected chi connectivity index (χ0v) is 21.1. The summed E-state index contributed by atoms with van der Waals surface area (Å²) in [6.07, 6.45) is 6.57. The van der Waals surface area contributed by atoms with E-state index in [9.17, 15) is 14.0 Å². The van der Waals surface area contributed by atoms with Gasteiger partial charge in [-0.05, 0) is 62.9 Å². The van der Waals surface area contributed by atoms with E-state index in [1.165, 1.54) is 10.6 Å². The van der Waals surface area contributed by atoms with Crippen LogP contribution in [0.1, 0.15) is 54.1 Å². The van der Waals surface area contributed by atoms with E-state index in [-0.39, 0.29) is 29.1 Å². The summed E-state index contributed by atoms with van der Waals surface area (Å²) in [6, 6.07) is 10.4. The minimum atomic E-state index is -0.637. The van der Waals surface area contributed by atoms with Crippen molar-refractivity contribution in [3.05, 3.63) is 81.7 Å². The van der Waals surface area contributed by atoms with Crippen molar-refractivity contribution < 1.29 is 13.9 Å². The highest BCUT2D eigenvalue weighted by Gasteiger charge is 2.47. The predicted molar refractivity (Wildman–Crippen MR) is 140 cm³/mol. The monoisotopic (exact) mass is 505 g/mol. The minimum Gasteiger partial charge on any atom is -0.489 e. The molecule has 2 aromatic carbocycles. The van der Waals surface area contributed by atoms with Crippen LogP contribution >= 0.6 is 0 Å². The standard InChI is InChI=1S/C28H32FN5O3/c1-3-30-14-16-37-24-21(5-4-6-22(24)29)28(11-12-28)33-25-27(36)34(15-13-31-25)23-17-19(8-7-18(23)2)26(35)32-20-9-10-20/h4-8,13,15,17,20,30H,3,9-12,14,16H2,1-2H3,(H,31,33)(H,32,35). The van der Waals surface area contributed by atoms with Gasteiger partial charge in [-0.2, -0.15) is 0 Å². The van der Waals surface area contributed by atoms with E-state index in [1.807, 2.05) is 26.0 Å². The second-order valence-electron chi connectivity index (χ2n) is 9.73. The number of carbonyl (C=O) groups is 1. The third-order valence-corrected chi connectivity index (χ3v) is 6.85. The number of hydrogen-bond acceptors (Lipinski definition) is 6. The first-order chi connectivity index (χ1) is 17.9. The van der Waals surface area contributed by atoms with Gasteiger partial charge in [0.1, 0.15) is 6.61 Å². The topological polar surface area (TPSA) is 97.3 Å². The van der Waals surface area contributed by atoms with E-state index in [0.29, 0.717) is 42.8 Å². The number of amides is 1. The molecule has 0 aliphatic heterocycles. The molecule has 2 fully saturated rings. The number of halogens is 1. The number of rotatable bonds is 11. The van der Waals surface area contributed by atoms with Gasteiger partial charge in [0.15, 0.2) is 17.4 Å². The van der Waals surface area contributed by atoms with Gasteiger partial charge >= 0.3 is 0 Å². The van der Waals surface area contributed by atoms with Gasteiger partial charge in [-0.3, -0.25) is 14.2 Å². The molecule has 9 heteroatoms. The van der Waals surface area contributed by atoms with Gasteiger partial charge in [-0.15, -0.1) is 0 Å². The first-order valence-electron chi connectivity index (χ1n) is 12.8. The van der Waals surface area contributed by atoms with Crippen LogP contribution in [-0.4, -0.2) is 41.2 Å². The molecular weight excluding hydrogens is 473 g/mol. The SMILES string of the molecule is CCNCCOc1c(F)cccc1C1(Nc2nccn(-c3cc(C(=O)NC4CC4)ccc3C)c2=O)CC1. The van der Waals surface area contributed by atoms with Crippen molar-refractivity contribution in [3.63, 3.8) is 0 Å². The molecule has 0 saturated heterocycles. The highest BCUT2D eigenvalue weighted by atomic mass is 19.1. The molecule has 0 unspecified atom stereocenters. The van der Waals surface area contributed by atoms with Gasteiger partial charge < -0.3 is 20.7 Å².